The van der Waals surface area contributed by atoms with Crippen molar-refractivity contribution in [1.82, 2.24) is 10.2 Å². The van der Waals surface area contributed by atoms with Crippen LogP contribution in [0.3, 0.4) is 0 Å². The van der Waals surface area contributed by atoms with E-state index in [0.29, 0.717) is 13.0 Å². The molecule has 21 heavy (non-hydrogen) atoms. The topological polar surface area (TPSA) is 49.4 Å². The Morgan fingerprint density at radius 1 is 1.24 bits per heavy atom. The lowest BCUT2D eigenvalue weighted by Crippen LogP contribution is -2.54. The second kappa shape index (κ2) is 7.03. The highest BCUT2D eigenvalue weighted by Crippen LogP contribution is 2.33. The molecule has 0 saturated carbocycles. The van der Waals surface area contributed by atoms with Crippen LogP contribution in [0, 0.1) is 5.41 Å². The Morgan fingerprint density at radius 2 is 1.81 bits per heavy atom. The molecule has 1 aliphatic heterocycles. The van der Waals surface area contributed by atoms with Crippen molar-refractivity contribution in [2.24, 2.45) is 5.41 Å². The molecule has 1 N–H and O–H groups in total. The first-order chi connectivity index (χ1) is 9.69. The van der Waals surface area contributed by atoms with E-state index in [1.165, 1.54) is 0 Å². The minimum Gasteiger partial charge on any atom is -0.344 e. The van der Waals surface area contributed by atoms with E-state index in [1.54, 1.807) is 0 Å². The molecule has 0 spiro atoms. The molecule has 122 valence electrons. The predicted molar refractivity (Wildman–Crippen MR) is 89.4 cm³/mol. The van der Waals surface area contributed by atoms with Gasteiger partial charge in [-0.15, -0.1) is 0 Å². The molecule has 0 aromatic heterocycles. The summed E-state index contributed by atoms with van der Waals surface area (Å²) in [5.74, 6) is 0.0437. The third-order valence-corrected chi connectivity index (χ3v) is 6.11. The Morgan fingerprint density at radius 3 is 2.24 bits per heavy atom. The van der Waals surface area contributed by atoms with E-state index in [2.05, 4.69) is 25.4 Å². The van der Waals surface area contributed by atoms with E-state index in [0.717, 1.165) is 19.4 Å². The molecule has 0 aliphatic carbocycles. The van der Waals surface area contributed by atoms with Crippen LogP contribution in [0.4, 0.5) is 0 Å². The maximum absolute atomic E-state index is 12.9. The van der Waals surface area contributed by atoms with Gasteiger partial charge in [0.2, 0.25) is 11.8 Å². The van der Waals surface area contributed by atoms with E-state index >= 15 is 0 Å². The average Bonchev–Trinajstić information content (AvgIpc) is 2.57. The van der Waals surface area contributed by atoms with Gasteiger partial charge in [0, 0.05) is 24.3 Å². The zero-order valence-electron chi connectivity index (χ0n) is 14.3. The van der Waals surface area contributed by atoms with E-state index in [4.69, 9.17) is 0 Å². The maximum atomic E-state index is 12.9. The Balaban J connectivity index is 3.00. The molecule has 2 amide bonds. The van der Waals surface area contributed by atoms with Gasteiger partial charge in [-0.05, 0) is 24.5 Å². The number of hydrogen-bond donors (Lipinski definition) is 1. The zero-order valence-corrected chi connectivity index (χ0v) is 15.1. The standard InChI is InChI=1S/C16H30N2O2S/c1-7-16(8-2,21-6)11-18-10-9-12(19)17-13(14(18)20)15(3,4)5/h13H,7-11H2,1-6H3,(H,17,19). The predicted octanol–water partition coefficient (Wildman–Crippen LogP) is 2.67. The molecule has 1 rings (SSSR count). The Kier molecular flexibility index (Phi) is 6.14. The maximum Gasteiger partial charge on any atom is 0.245 e. The van der Waals surface area contributed by atoms with E-state index < -0.39 is 6.04 Å². The smallest absolute Gasteiger partial charge is 0.245 e. The van der Waals surface area contributed by atoms with Gasteiger partial charge in [0.05, 0.1) is 0 Å². The molecular formula is C16H30N2O2S. The number of amides is 2. The third kappa shape index (κ3) is 4.38. The molecule has 1 unspecified atom stereocenters. The summed E-state index contributed by atoms with van der Waals surface area (Å²) in [6.45, 7) is 11.6. The van der Waals surface area contributed by atoms with Gasteiger partial charge in [-0.25, -0.2) is 0 Å². The summed E-state index contributed by atoms with van der Waals surface area (Å²) in [4.78, 5) is 26.7. The van der Waals surface area contributed by atoms with Crippen LogP contribution in [-0.2, 0) is 9.59 Å². The van der Waals surface area contributed by atoms with Crippen LogP contribution in [0.5, 0.6) is 0 Å². The highest BCUT2D eigenvalue weighted by Gasteiger charge is 2.40. The summed E-state index contributed by atoms with van der Waals surface area (Å²) in [6, 6.07) is -0.430. The summed E-state index contributed by atoms with van der Waals surface area (Å²) in [5, 5.41) is 2.90. The molecular weight excluding hydrogens is 284 g/mol. The summed E-state index contributed by atoms with van der Waals surface area (Å²) >= 11 is 1.83. The van der Waals surface area contributed by atoms with Gasteiger partial charge in [0.15, 0.2) is 0 Å². The monoisotopic (exact) mass is 314 g/mol. The van der Waals surface area contributed by atoms with Crippen LogP contribution < -0.4 is 5.32 Å². The van der Waals surface area contributed by atoms with Crippen LogP contribution in [0.15, 0.2) is 0 Å². The van der Waals surface area contributed by atoms with Crippen LogP contribution in [0.25, 0.3) is 0 Å². The van der Waals surface area contributed by atoms with Crippen LogP contribution in [0.1, 0.15) is 53.9 Å². The van der Waals surface area contributed by atoms with Crippen LogP contribution in [-0.4, -0.2) is 46.8 Å². The number of hydrogen-bond acceptors (Lipinski definition) is 3. The van der Waals surface area contributed by atoms with Gasteiger partial charge in [-0.3, -0.25) is 9.59 Å². The molecule has 1 aliphatic rings. The third-order valence-electron chi connectivity index (χ3n) is 4.54. The van der Waals surface area contributed by atoms with Crippen LogP contribution >= 0.6 is 11.8 Å². The first-order valence-corrected chi connectivity index (χ1v) is 9.05. The second-order valence-electron chi connectivity index (χ2n) is 6.97. The number of nitrogens with zero attached hydrogens (tertiary/aromatic N) is 1. The lowest BCUT2D eigenvalue weighted by Gasteiger charge is -2.38. The first kappa shape index (κ1) is 18.3. The van der Waals surface area contributed by atoms with Crippen molar-refractivity contribution >= 4 is 23.6 Å². The summed E-state index contributed by atoms with van der Waals surface area (Å²) in [6.07, 6.45) is 4.56. The first-order valence-electron chi connectivity index (χ1n) is 7.82. The SMILES string of the molecule is CCC(CC)(CN1CCC(=O)NC(C(C)(C)C)C1=O)SC. The minimum atomic E-state index is -0.430. The highest BCUT2D eigenvalue weighted by atomic mass is 32.2. The average molecular weight is 314 g/mol. The molecule has 0 aromatic rings. The molecule has 0 radical (unpaired) electrons. The normalized spacial score (nSPS) is 21.2. The van der Waals surface area contributed by atoms with Gasteiger partial charge in [0.1, 0.15) is 6.04 Å². The lowest BCUT2D eigenvalue weighted by molar-refractivity contribution is -0.136. The molecule has 1 heterocycles. The van der Waals surface area contributed by atoms with Crippen molar-refractivity contribution in [3.05, 3.63) is 0 Å². The van der Waals surface area contributed by atoms with Crippen molar-refractivity contribution in [2.75, 3.05) is 19.3 Å². The Bertz CT molecular complexity index is 378. The molecule has 5 heteroatoms. The number of carbonyl (C=O) groups excluding carboxylic acids is 2. The molecule has 4 nitrogen and oxygen atoms in total. The fraction of sp³-hybridized carbons (Fsp3) is 0.875. The van der Waals surface area contributed by atoms with Gasteiger partial charge in [0.25, 0.3) is 0 Å². The van der Waals surface area contributed by atoms with Gasteiger partial charge in [-0.2, -0.15) is 11.8 Å². The van der Waals surface area contributed by atoms with Crippen LogP contribution in [0.2, 0.25) is 0 Å². The van der Waals surface area contributed by atoms with E-state index in [1.807, 2.05) is 37.4 Å². The van der Waals surface area contributed by atoms with Gasteiger partial charge in [-0.1, -0.05) is 34.6 Å². The van der Waals surface area contributed by atoms with Crippen molar-refractivity contribution in [1.29, 1.82) is 0 Å². The fourth-order valence-electron chi connectivity index (χ4n) is 2.74. The summed E-state index contributed by atoms with van der Waals surface area (Å²) in [7, 11) is 0. The van der Waals surface area contributed by atoms with Crippen molar-refractivity contribution < 1.29 is 9.59 Å². The van der Waals surface area contributed by atoms with E-state index in [9.17, 15) is 9.59 Å². The van der Waals surface area contributed by atoms with Crippen molar-refractivity contribution in [3.8, 4) is 0 Å². The highest BCUT2D eigenvalue weighted by molar-refractivity contribution is 8.00. The van der Waals surface area contributed by atoms with Gasteiger partial charge >= 0.3 is 0 Å². The van der Waals surface area contributed by atoms with Crippen molar-refractivity contribution in [2.45, 2.75) is 64.7 Å². The summed E-state index contributed by atoms with van der Waals surface area (Å²) in [5.41, 5.74) is -0.268. The van der Waals surface area contributed by atoms with Crippen molar-refractivity contribution in [3.63, 3.8) is 0 Å². The van der Waals surface area contributed by atoms with Gasteiger partial charge < -0.3 is 10.2 Å². The zero-order chi connectivity index (χ0) is 16.3. The number of rotatable bonds is 5. The summed E-state index contributed by atoms with van der Waals surface area (Å²) < 4.78 is 0.0888. The number of thioether (sulfide) groups is 1. The quantitative estimate of drug-likeness (QED) is 0.849. The Labute approximate surface area is 133 Å². The van der Waals surface area contributed by atoms with E-state index in [-0.39, 0.29) is 22.0 Å². The molecule has 0 aromatic carbocycles. The minimum absolute atomic E-state index is 0.0199. The fourth-order valence-corrected chi connectivity index (χ4v) is 3.61. The molecule has 1 fully saturated rings. The molecule has 1 saturated heterocycles. The lowest BCUT2D eigenvalue weighted by atomic mass is 9.85. The second-order valence-corrected chi connectivity index (χ2v) is 8.24. The molecule has 0 bridgehead atoms. The largest absolute Gasteiger partial charge is 0.344 e. The number of nitrogens with one attached hydrogen (secondary N) is 1. The Hall–Kier alpha value is -0.710. The molecule has 1 atom stereocenters. The number of carbonyl (C=O) groups is 2.